The Balaban J connectivity index is 1.80. The predicted molar refractivity (Wildman–Crippen MR) is 84.5 cm³/mol. The van der Waals surface area contributed by atoms with Gasteiger partial charge in [-0.1, -0.05) is 11.6 Å². The quantitative estimate of drug-likeness (QED) is 0.779. The van der Waals surface area contributed by atoms with Crippen LogP contribution < -0.4 is 20.7 Å². The SMILES string of the molecule is CC1(C(=O)Nc2cc3c(cc2Cl)NC(=O)CO3)CCCCN1. The molecular formula is C15H18ClN3O3. The van der Waals surface area contributed by atoms with E-state index in [2.05, 4.69) is 16.0 Å². The number of benzene rings is 1. The Kier molecular flexibility index (Phi) is 3.97. The molecule has 3 N–H and O–H groups in total. The predicted octanol–water partition coefficient (Wildman–Crippen LogP) is 2.14. The summed E-state index contributed by atoms with van der Waals surface area (Å²) in [7, 11) is 0. The molecule has 2 aliphatic heterocycles. The average molecular weight is 324 g/mol. The van der Waals surface area contributed by atoms with E-state index in [1.54, 1.807) is 12.1 Å². The Bertz CT molecular complexity index is 627. The van der Waals surface area contributed by atoms with Crippen LogP contribution in [0, 0.1) is 0 Å². The summed E-state index contributed by atoms with van der Waals surface area (Å²) in [5.41, 5.74) is 0.406. The van der Waals surface area contributed by atoms with Crippen LogP contribution in [0.1, 0.15) is 26.2 Å². The Morgan fingerprint density at radius 3 is 2.95 bits per heavy atom. The zero-order valence-electron chi connectivity index (χ0n) is 12.3. The number of halogens is 1. The molecule has 3 rings (SSSR count). The number of carbonyl (C=O) groups is 2. The summed E-state index contributed by atoms with van der Waals surface area (Å²) < 4.78 is 5.35. The number of hydrogen-bond donors (Lipinski definition) is 3. The number of anilines is 2. The van der Waals surface area contributed by atoms with Gasteiger partial charge in [0.1, 0.15) is 5.75 Å². The summed E-state index contributed by atoms with van der Waals surface area (Å²) >= 11 is 6.20. The standard InChI is InChI=1S/C15H18ClN3O3/c1-15(4-2-3-5-17-15)14(21)19-10-7-12-11(6-9(10)16)18-13(20)8-22-12/h6-7,17H,2-5,8H2,1H3,(H,18,20)(H,19,21). The van der Waals surface area contributed by atoms with Crippen molar-refractivity contribution in [2.24, 2.45) is 0 Å². The number of nitrogens with one attached hydrogen (secondary N) is 3. The molecule has 1 atom stereocenters. The highest BCUT2D eigenvalue weighted by Crippen LogP contribution is 2.36. The van der Waals surface area contributed by atoms with Gasteiger partial charge in [-0.2, -0.15) is 0 Å². The van der Waals surface area contributed by atoms with Crippen molar-refractivity contribution < 1.29 is 14.3 Å². The van der Waals surface area contributed by atoms with E-state index in [0.717, 1.165) is 25.8 Å². The second-order valence-corrected chi connectivity index (χ2v) is 6.24. The van der Waals surface area contributed by atoms with Gasteiger partial charge in [0.15, 0.2) is 6.61 Å². The normalized spacial score (nSPS) is 24.0. The maximum atomic E-state index is 12.5. The molecule has 1 unspecified atom stereocenters. The Morgan fingerprint density at radius 2 is 2.23 bits per heavy atom. The summed E-state index contributed by atoms with van der Waals surface area (Å²) in [6.07, 6.45) is 2.88. The van der Waals surface area contributed by atoms with Crippen LogP contribution in [0.4, 0.5) is 11.4 Å². The lowest BCUT2D eigenvalue weighted by molar-refractivity contribution is -0.122. The summed E-state index contributed by atoms with van der Waals surface area (Å²) in [5.74, 6) is 0.161. The molecular weight excluding hydrogens is 306 g/mol. The number of carbonyl (C=O) groups excluding carboxylic acids is 2. The fourth-order valence-corrected chi connectivity index (χ4v) is 2.92. The van der Waals surface area contributed by atoms with E-state index in [9.17, 15) is 9.59 Å². The summed E-state index contributed by atoms with van der Waals surface area (Å²) in [5, 5.41) is 9.15. The van der Waals surface area contributed by atoms with Crippen LogP contribution in [0.3, 0.4) is 0 Å². The van der Waals surface area contributed by atoms with Gasteiger partial charge in [0.25, 0.3) is 5.91 Å². The molecule has 0 spiro atoms. The van der Waals surface area contributed by atoms with Crippen molar-refractivity contribution in [2.75, 3.05) is 23.8 Å². The molecule has 0 bridgehead atoms. The second-order valence-electron chi connectivity index (χ2n) is 5.84. The highest BCUT2D eigenvalue weighted by atomic mass is 35.5. The zero-order valence-corrected chi connectivity index (χ0v) is 13.0. The van der Waals surface area contributed by atoms with E-state index in [1.165, 1.54) is 0 Å². The van der Waals surface area contributed by atoms with Crippen molar-refractivity contribution in [3.8, 4) is 5.75 Å². The third-order valence-corrected chi connectivity index (χ3v) is 4.38. The molecule has 6 nitrogen and oxygen atoms in total. The molecule has 2 heterocycles. The Labute approximate surface area is 133 Å². The fourth-order valence-electron chi connectivity index (χ4n) is 2.71. The van der Waals surface area contributed by atoms with Crippen LogP contribution >= 0.6 is 11.6 Å². The van der Waals surface area contributed by atoms with E-state index in [1.807, 2.05) is 6.92 Å². The van der Waals surface area contributed by atoms with Gasteiger partial charge in [0, 0.05) is 6.07 Å². The maximum Gasteiger partial charge on any atom is 0.262 e. The first kappa shape index (κ1) is 15.1. The number of ether oxygens (including phenoxy) is 1. The lowest BCUT2D eigenvalue weighted by Crippen LogP contribution is -2.54. The molecule has 118 valence electrons. The monoisotopic (exact) mass is 323 g/mol. The first-order valence-electron chi connectivity index (χ1n) is 7.31. The van der Waals surface area contributed by atoms with Gasteiger partial charge in [0.2, 0.25) is 5.91 Å². The highest BCUT2D eigenvalue weighted by Gasteiger charge is 2.34. The van der Waals surface area contributed by atoms with Crippen LogP contribution in [0.25, 0.3) is 0 Å². The van der Waals surface area contributed by atoms with Gasteiger partial charge < -0.3 is 20.7 Å². The molecule has 0 radical (unpaired) electrons. The smallest absolute Gasteiger partial charge is 0.262 e. The lowest BCUT2D eigenvalue weighted by atomic mass is 9.90. The first-order valence-corrected chi connectivity index (χ1v) is 7.68. The summed E-state index contributed by atoms with van der Waals surface area (Å²) in [4.78, 5) is 23.8. The third kappa shape index (κ3) is 2.89. The number of piperidine rings is 1. The van der Waals surface area contributed by atoms with Crippen LogP contribution in [0.15, 0.2) is 12.1 Å². The van der Waals surface area contributed by atoms with Gasteiger partial charge in [-0.05, 0) is 38.8 Å². The summed E-state index contributed by atoms with van der Waals surface area (Å²) in [6.45, 7) is 2.68. The molecule has 22 heavy (non-hydrogen) atoms. The molecule has 2 amide bonds. The van der Waals surface area contributed by atoms with Crippen molar-refractivity contribution in [3.63, 3.8) is 0 Å². The molecule has 1 aromatic carbocycles. The Morgan fingerprint density at radius 1 is 1.41 bits per heavy atom. The van der Waals surface area contributed by atoms with Gasteiger partial charge >= 0.3 is 0 Å². The minimum absolute atomic E-state index is 0.0404. The molecule has 1 aromatic rings. The first-order chi connectivity index (χ1) is 10.5. The molecule has 0 aromatic heterocycles. The van der Waals surface area contributed by atoms with Crippen LogP contribution in [0.5, 0.6) is 5.75 Å². The average Bonchev–Trinajstić information content (AvgIpc) is 2.49. The minimum atomic E-state index is -0.591. The number of hydrogen-bond acceptors (Lipinski definition) is 4. The van der Waals surface area contributed by atoms with E-state index in [4.69, 9.17) is 16.3 Å². The summed E-state index contributed by atoms with van der Waals surface area (Å²) in [6, 6.07) is 3.22. The second kappa shape index (κ2) is 5.78. The van der Waals surface area contributed by atoms with Crippen molar-refractivity contribution in [3.05, 3.63) is 17.2 Å². The topological polar surface area (TPSA) is 79.5 Å². The Hall–Kier alpha value is -1.79. The van der Waals surface area contributed by atoms with Gasteiger partial charge in [0.05, 0.1) is 21.9 Å². The molecule has 7 heteroatoms. The fraction of sp³-hybridized carbons (Fsp3) is 0.467. The zero-order chi connectivity index (χ0) is 15.7. The van der Waals surface area contributed by atoms with Crippen LogP contribution in [-0.2, 0) is 9.59 Å². The van der Waals surface area contributed by atoms with Crippen molar-refractivity contribution >= 4 is 34.8 Å². The third-order valence-electron chi connectivity index (χ3n) is 4.07. The molecule has 1 saturated heterocycles. The molecule has 0 aliphatic carbocycles. The number of rotatable bonds is 2. The number of amides is 2. The highest BCUT2D eigenvalue weighted by molar-refractivity contribution is 6.34. The van der Waals surface area contributed by atoms with Gasteiger partial charge in [-0.15, -0.1) is 0 Å². The van der Waals surface area contributed by atoms with Crippen molar-refractivity contribution in [2.45, 2.75) is 31.7 Å². The van der Waals surface area contributed by atoms with Crippen molar-refractivity contribution in [1.29, 1.82) is 0 Å². The van der Waals surface area contributed by atoms with E-state index < -0.39 is 5.54 Å². The molecule has 1 fully saturated rings. The molecule has 2 aliphatic rings. The maximum absolute atomic E-state index is 12.5. The van der Waals surface area contributed by atoms with Gasteiger partial charge in [-0.3, -0.25) is 9.59 Å². The van der Waals surface area contributed by atoms with E-state index in [0.29, 0.717) is 22.1 Å². The van der Waals surface area contributed by atoms with Gasteiger partial charge in [-0.25, -0.2) is 0 Å². The van der Waals surface area contributed by atoms with Crippen molar-refractivity contribution in [1.82, 2.24) is 5.32 Å². The van der Waals surface area contributed by atoms with E-state index in [-0.39, 0.29) is 18.4 Å². The van der Waals surface area contributed by atoms with E-state index >= 15 is 0 Å². The lowest BCUT2D eigenvalue weighted by Gasteiger charge is -2.33. The molecule has 0 saturated carbocycles. The minimum Gasteiger partial charge on any atom is -0.482 e. The van der Waals surface area contributed by atoms with Crippen LogP contribution in [-0.4, -0.2) is 30.5 Å². The van der Waals surface area contributed by atoms with Crippen LogP contribution in [0.2, 0.25) is 5.02 Å². The largest absolute Gasteiger partial charge is 0.482 e. The number of fused-ring (bicyclic) bond motifs is 1.